The van der Waals surface area contributed by atoms with E-state index in [4.69, 9.17) is 0 Å². The van der Waals surface area contributed by atoms with Crippen LogP contribution < -0.4 is 16.2 Å². The smallest absolute Gasteiger partial charge is 0.319 e. The average molecular weight is 265 g/mol. The predicted molar refractivity (Wildman–Crippen MR) is 77.4 cm³/mol. The van der Waals surface area contributed by atoms with Crippen LogP contribution in [0.25, 0.3) is 0 Å². The van der Waals surface area contributed by atoms with Crippen molar-refractivity contribution >= 4 is 11.7 Å². The van der Waals surface area contributed by atoms with Crippen molar-refractivity contribution in [2.75, 3.05) is 5.32 Å². The van der Waals surface area contributed by atoms with Gasteiger partial charge in [0.25, 0.3) is 5.56 Å². The summed E-state index contributed by atoms with van der Waals surface area (Å²) in [6, 6.07) is 3.08. The summed E-state index contributed by atoms with van der Waals surface area (Å²) in [4.78, 5) is 23.5. The van der Waals surface area contributed by atoms with E-state index in [9.17, 15) is 9.59 Å². The number of aromatic nitrogens is 1. The topological polar surface area (TPSA) is 63.1 Å². The SMILES string of the molecule is CC(C)CCC(C)NC(=O)Nc1cccn(C)c1=O. The standard InChI is InChI=1S/C14H23N3O2/c1-10(2)7-8-11(3)15-14(19)16-12-6-5-9-17(4)13(12)18/h5-6,9-11H,7-8H2,1-4H3,(H2,15,16,19). The molecule has 1 aromatic rings. The second kappa shape index (κ2) is 6.97. The third kappa shape index (κ3) is 5.16. The quantitative estimate of drug-likeness (QED) is 0.858. The molecule has 0 saturated carbocycles. The second-order valence-corrected chi connectivity index (χ2v) is 5.31. The van der Waals surface area contributed by atoms with E-state index in [-0.39, 0.29) is 17.6 Å². The molecule has 19 heavy (non-hydrogen) atoms. The van der Waals surface area contributed by atoms with Crippen molar-refractivity contribution in [2.45, 2.75) is 39.7 Å². The van der Waals surface area contributed by atoms with Crippen LogP contribution in [0, 0.1) is 5.92 Å². The van der Waals surface area contributed by atoms with Crippen LogP contribution in [0.5, 0.6) is 0 Å². The molecule has 5 nitrogen and oxygen atoms in total. The van der Waals surface area contributed by atoms with Crippen LogP contribution in [0.3, 0.4) is 0 Å². The minimum atomic E-state index is -0.334. The number of carbonyl (C=O) groups excluding carboxylic acids is 1. The molecule has 0 bridgehead atoms. The number of pyridine rings is 1. The molecule has 5 heteroatoms. The molecule has 0 spiro atoms. The Morgan fingerprint density at radius 1 is 1.32 bits per heavy atom. The minimum absolute atomic E-state index is 0.0926. The number of hydrogen-bond acceptors (Lipinski definition) is 2. The molecule has 0 fully saturated rings. The Labute approximate surface area is 114 Å². The number of nitrogens with zero attached hydrogens (tertiary/aromatic N) is 1. The summed E-state index contributed by atoms with van der Waals surface area (Å²) in [5, 5.41) is 5.42. The molecule has 0 saturated heterocycles. The van der Waals surface area contributed by atoms with Gasteiger partial charge in [-0.1, -0.05) is 13.8 Å². The van der Waals surface area contributed by atoms with Gasteiger partial charge in [0.2, 0.25) is 0 Å². The molecule has 0 radical (unpaired) electrons. The molecule has 0 aliphatic carbocycles. The van der Waals surface area contributed by atoms with Crippen LogP contribution in [0.4, 0.5) is 10.5 Å². The summed E-state index contributed by atoms with van der Waals surface area (Å²) < 4.78 is 1.43. The van der Waals surface area contributed by atoms with Crippen molar-refractivity contribution in [3.8, 4) is 0 Å². The largest absolute Gasteiger partial charge is 0.335 e. The second-order valence-electron chi connectivity index (χ2n) is 5.31. The van der Waals surface area contributed by atoms with E-state index in [1.54, 1.807) is 25.4 Å². The molecule has 2 amide bonds. The Kier molecular flexibility index (Phi) is 5.60. The maximum atomic E-state index is 11.8. The van der Waals surface area contributed by atoms with Gasteiger partial charge < -0.3 is 15.2 Å². The molecule has 2 N–H and O–H groups in total. The monoisotopic (exact) mass is 265 g/mol. The summed E-state index contributed by atoms with van der Waals surface area (Å²) in [6.45, 7) is 6.27. The maximum absolute atomic E-state index is 11.8. The van der Waals surface area contributed by atoms with Crippen LogP contribution in [0.15, 0.2) is 23.1 Å². The number of aryl methyl sites for hydroxylation is 1. The first-order valence-corrected chi connectivity index (χ1v) is 6.63. The summed E-state index contributed by atoms with van der Waals surface area (Å²) in [7, 11) is 1.65. The zero-order valence-electron chi connectivity index (χ0n) is 12.1. The maximum Gasteiger partial charge on any atom is 0.319 e. The van der Waals surface area contributed by atoms with Crippen LogP contribution in [-0.2, 0) is 7.05 Å². The lowest BCUT2D eigenvalue weighted by molar-refractivity contribution is 0.248. The fourth-order valence-corrected chi connectivity index (χ4v) is 1.73. The summed E-state index contributed by atoms with van der Waals surface area (Å²) in [6.07, 6.45) is 3.64. The van der Waals surface area contributed by atoms with Crippen molar-refractivity contribution in [2.24, 2.45) is 13.0 Å². The Bertz CT molecular complexity index is 480. The third-order valence-corrected chi connectivity index (χ3v) is 2.93. The molecule has 1 unspecified atom stereocenters. The van der Waals surface area contributed by atoms with Gasteiger partial charge in [-0.15, -0.1) is 0 Å². The van der Waals surface area contributed by atoms with Gasteiger partial charge in [0.05, 0.1) is 0 Å². The van der Waals surface area contributed by atoms with Gasteiger partial charge in [0.1, 0.15) is 5.69 Å². The summed E-state index contributed by atoms with van der Waals surface area (Å²) >= 11 is 0. The number of amides is 2. The van der Waals surface area contributed by atoms with E-state index < -0.39 is 0 Å². The minimum Gasteiger partial charge on any atom is -0.335 e. The van der Waals surface area contributed by atoms with Gasteiger partial charge in [0.15, 0.2) is 0 Å². The van der Waals surface area contributed by atoms with Crippen LogP contribution in [0.1, 0.15) is 33.6 Å². The molecule has 0 aromatic carbocycles. The Morgan fingerprint density at radius 3 is 2.63 bits per heavy atom. The fourth-order valence-electron chi connectivity index (χ4n) is 1.73. The van der Waals surface area contributed by atoms with E-state index in [1.165, 1.54) is 4.57 Å². The zero-order valence-corrected chi connectivity index (χ0v) is 12.1. The van der Waals surface area contributed by atoms with Gasteiger partial charge in [-0.3, -0.25) is 4.79 Å². The van der Waals surface area contributed by atoms with E-state index in [0.717, 1.165) is 12.8 Å². The van der Waals surface area contributed by atoms with Crippen LogP contribution in [-0.4, -0.2) is 16.6 Å². The Hall–Kier alpha value is -1.78. The first-order chi connectivity index (χ1) is 8.90. The van der Waals surface area contributed by atoms with E-state index in [1.807, 2.05) is 6.92 Å². The Balaban J connectivity index is 2.51. The van der Waals surface area contributed by atoms with Gasteiger partial charge in [0, 0.05) is 19.3 Å². The number of nitrogens with one attached hydrogen (secondary N) is 2. The van der Waals surface area contributed by atoms with Gasteiger partial charge in [-0.05, 0) is 37.8 Å². The summed E-state index contributed by atoms with van der Waals surface area (Å²) in [5.74, 6) is 0.619. The molecule has 1 aromatic heterocycles. The van der Waals surface area contributed by atoms with Crippen molar-refractivity contribution in [1.82, 2.24) is 9.88 Å². The van der Waals surface area contributed by atoms with Crippen molar-refractivity contribution in [3.63, 3.8) is 0 Å². The fraction of sp³-hybridized carbons (Fsp3) is 0.571. The van der Waals surface area contributed by atoms with Crippen molar-refractivity contribution in [1.29, 1.82) is 0 Å². The molecular formula is C14H23N3O2. The molecule has 0 aliphatic rings. The number of carbonyl (C=O) groups is 1. The molecule has 0 aliphatic heterocycles. The van der Waals surface area contributed by atoms with E-state index in [2.05, 4.69) is 24.5 Å². The number of urea groups is 1. The van der Waals surface area contributed by atoms with Crippen LogP contribution >= 0.6 is 0 Å². The number of anilines is 1. The van der Waals surface area contributed by atoms with Gasteiger partial charge in [-0.25, -0.2) is 4.79 Å². The lowest BCUT2D eigenvalue weighted by Gasteiger charge is -2.15. The third-order valence-electron chi connectivity index (χ3n) is 2.93. The highest BCUT2D eigenvalue weighted by Gasteiger charge is 2.10. The predicted octanol–water partition coefficient (Wildman–Crippen LogP) is 2.33. The van der Waals surface area contributed by atoms with Gasteiger partial charge in [-0.2, -0.15) is 0 Å². The van der Waals surface area contributed by atoms with Crippen molar-refractivity contribution in [3.05, 3.63) is 28.7 Å². The van der Waals surface area contributed by atoms with E-state index in [0.29, 0.717) is 11.6 Å². The molecule has 1 atom stereocenters. The van der Waals surface area contributed by atoms with Crippen LogP contribution in [0.2, 0.25) is 0 Å². The average Bonchev–Trinajstić information content (AvgIpc) is 2.32. The molecular weight excluding hydrogens is 242 g/mol. The lowest BCUT2D eigenvalue weighted by Crippen LogP contribution is -2.37. The lowest BCUT2D eigenvalue weighted by atomic mass is 10.0. The number of rotatable bonds is 5. The highest BCUT2D eigenvalue weighted by atomic mass is 16.2. The molecule has 106 valence electrons. The van der Waals surface area contributed by atoms with Gasteiger partial charge >= 0.3 is 6.03 Å². The highest BCUT2D eigenvalue weighted by Crippen LogP contribution is 2.06. The molecule has 1 heterocycles. The normalized spacial score (nSPS) is 12.3. The molecule has 1 rings (SSSR count). The first kappa shape index (κ1) is 15.3. The van der Waals surface area contributed by atoms with Crippen molar-refractivity contribution < 1.29 is 4.79 Å². The number of hydrogen-bond donors (Lipinski definition) is 2. The zero-order chi connectivity index (χ0) is 14.4. The Morgan fingerprint density at radius 2 is 2.00 bits per heavy atom. The summed E-state index contributed by atoms with van der Waals surface area (Å²) in [5.41, 5.74) is 0.0750. The van der Waals surface area contributed by atoms with E-state index >= 15 is 0 Å². The highest BCUT2D eigenvalue weighted by molar-refractivity contribution is 5.89. The first-order valence-electron chi connectivity index (χ1n) is 6.63.